The molecule has 0 aliphatic carbocycles. The van der Waals surface area contributed by atoms with Crippen molar-refractivity contribution >= 4 is 11.9 Å². The van der Waals surface area contributed by atoms with Crippen LogP contribution in [0.2, 0.25) is 0 Å². The Hall–Kier alpha value is -1.06. The number of hydrogen-bond acceptors (Lipinski definition) is 4. The molecule has 0 heterocycles. The van der Waals surface area contributed by atoms with Crippen LogP contribution in [0.4, 0.5) is 0 Å². The fraction of sp³-hybridized carbons (Fsp3) is 0.913. The third kappa shape index (κ3) is 21.1. The molecule has 0 bridgehead atoms. The Morgan fingerprint density at radius 1 is 0.481 bits per heavy atom. The number of rotatable bonds is 20. The van der Waals surface area contributed by atoms with Crippen molar-refractivity contribution in [3.63, 3.8) is 0 Å². The summed E-state index contributed by atoms with van der Waals surface area (Å²) in [6.45, 7) is 5.19. The summed E-state index contributed by atoms with van der Waals surface area (Å²) in [7, 11) is 0. The molecule has 27 heavy (non-hydrogen) atoms. The molecule has 4 heteroatoms. The van der Waals surface area contributed by atoms with Crippen LogP contribution in [0.15, 0.2) is 0 Å². The molecular weight excluding hydrogens is 340 g/mol. The summed E-state index contributed by atoms with van der Waals surface area (Å²) in [5.41, 5.74) is 0. The maximum Gasteiger partial charge on any atom is 0.305 e. The van der Waals surface area contributed by atoms with Gasteiger partial charge in [0.1, 0.15) is 0 Å². The summed E-state index contributed by atoms with van der Waals surface area (Å²) in [5.74, 6) is -0.418. The molecule has 0 aromatic carbocycles. The molecule has 0 unspecified atom stereocenters. The smallest absolute Gasteiger partial charge is 0.305 e. The van der Waals surface area contributed by atoms with E-state index in [1.165, 1.54) is 70.6 Å². The predicted molar refractivity (Wildman–Crippen MR) is 112 cm³/mol. The number of ether oxygens (including phenoxy) is 2. The van der Waals surface area contributed by atoms with Crippen molar-refractivity contribution in [2.75, 3.05) is 13.2 Å². The highest BCUT2D eigenvalue weighted by molar-refractivity contribution is 5.72. The molecular formula is C23H44O4. The fourth-order valence-electron chi connectivity index (χ4n) is 3.04. The normalized spacial score (nSPS) is 10.7. The average molecular weight is 385 g/mol. The molecule has 0 atom stereocenters. The monoisotopic (exact) mass is 384 g/mol. The Kier molecular flexibility index (Phi) is 20.4. The van der Waals surface area contributed by atoms with Gasteiger partial charge in [-0.15, -0.1) is 0 Å². The number of esters is 2. The van der Waals surface area contributed by atoms with Crippen molar-refractivity contribution in [3.05, 3.63) is 0 Å². The van der Waals surface area contributed by atoms with Gasteiger partial charge in [-0.3, -0.25) is 9.59 Å². The first-order valence-corrected chi connectivity index (χ1v) is 11.5. The topological polar surface area (TPSA) is 52.6 Å². The third-order valence-corrected chi connectivity index (χ3v) is 4.74. The highest BCUT2D eigenvalue weighted by Crippen LogP contribution is 2.12. The third-order valence-electron chi connectivity index (χ3n) is 4.74. The number of carbonyl (C=O) groups is 2. The zero-order valence-corrected chi connectivity index (χ0v) is 18.1. The molecule has 160 valence electrons. The van der Waals surface area contributed by atoms with Crippen LogP contribution >= 0.6 is 0 Å². The first-order chi connectivity index (χ1) is 13.2. The number of carbonyl (C=O) groups excluding carboxylic acids is 2. The van der Waals surface area contributed by atoms with Crippen molar-refractivity contribution in [3.8, 4) is 0 Å². The average Bonchev–Trinajstić information content (AvgIpc) is 2.66. The van der Waals surface area contributed by atoms with E-state index < -0.39 is 0 Å². The molecule has 0 radical (unpaired) electrons. The molecule has 0 aromatic rings. The largest absolute Gasteiger partial charge is 0.466 e. The maximum atomic E-state index is 11.6. The van der Waals surface area contributed by atoms with Crippen LogP contribution in [0.25, 0.3) is 0 Å². The summed E-state index contributed by atoms with van der Waals surface area (Å²) >= 11 is 0. The van der Waals surface area contributed by atoms with E-state index in [0.717, 1.165) is 19.3 Å². The van der Waals surface area contributed by atoms with E-state index in [2.05, 4.69) is 6.92 Å². The van der Waals surface area contributed by atoms with Crippen LogP contribution in [0, 0.1) is 0 Å². The molecule has 0 spiro atoms. The van der Waals surface area contributed by atoms with E-state index in [9.17, 15) is 9.59 Å². The van der Waals surface area contributed by atoms with Crippen LogP contribution in [-0.4, -0.2) is 25.2 Å². The Morgan fingerprint density at radius 2 is 0.889 bits per heavy atom. The standard InChI is InChI=1S/C23H44O4/c1-3-5-6-7-8-9-10-11-12-13-14-15-16-21-27-23(25)19-17-18-22(24)26-20-4-2/h3-21H2,1-2H3. The molecule has 0 amide bonds. The van der Waals surface area contributed by atoms with Crippen LogP contribution < -0.4 is 0 Å². The SMILES string of the molecule is CCCCCCCCCCCCCCCOC(=O)CCCC(=O)OCCC. The van der Waals surface area contributed by atoms with E-state index >= 15 is 0 Å². The molecule has 0 N–H and O–H groups in total. The van der Waals surface area contributed by atoms with Gasteiger partial charge in [-0.25, -0.2) is 0 Å². The summed E-state index contributed by atoms with van der Waals surface area (Å²) in [4.78, 5) is 22.9. The van der Waals surface area contributed by atoms with E-state index in [0.29, 0.717) is 32.5 Å². The van der Waals surface area contributed by atoms with Crippen molar-refractivity contribution in [1.82, 2.24) is 0 Å². The minimum atomic E-state index is -0.221. The Balaban J connectivity index is 3.21. The summed E-state index contributed by atoms with van der Waals surface area (Å²) in [6.07, 6.45) is 19.0. The van der Waals surface area contributed by atoms with Gasteiger partial charge in [-0.1, -0.05) is 90.9 Å². The minimum Gasteiger partial charge on any atom is -0.466 e. The summed E-state index contributed by atoms with van der Waals surface area (Å²) in [6, 6.07) is 0. The Morgan fingerprint density at radius 3 is 1.33 bits per heavy atom. The van der Waals surface area contributed by atoms with Crippen LogP contribution in [0.5, 0.6) is 0 Å². The lowest BCUT2D eigenvalue weighted by molar-refractivity contribution is -0.145. The van der Waals surface area contributed by atoms with Crippen LogP contribution in [0.1, 0.15) is 123 Å². The summed E-state index contributed by atoms with van der Waals surface area (Å²) < 4.78 is 10.2. The molecule has 0 aliphatic rings. The van der Waals surface area contributed by atoms with Gasteiger partial charge < -0.3 is 9.47 Å². The quantitative estimate of drug-likeness (QED) is 0.172. The van der Waals surface area contributed by atoms with E-state index in [1.807, 2.05) is 6.92 Å². The van der Waals surface area contributed by atoms with Crippen LogP contribution in [-0.2, 0) is 19.1 Å². The molecule has 0 aliphatic heterocycles. The predicted octanol–water partition coefficient (Wildman–Crippen LogP) is 6.74. The van der Waals surface area contributed by atoms with Gasteiger partial charge in [-0.05, 0) is 19.3 Å². The highest BCUT2D eigenvalue weighted by atomic mass is 16.5. The van der Waals surface area contributed by atoms with Crippen molar-refractivity contribution in [1.29, 1.82) is 0 Å². The van der Waals surface area contributed by atoms with E-state index in [1.54, 1.807) is 0 Å². The lowest BCUT2D eigenvalue weighted by Crippen LogP contribution is -2.09. The number of unbranched alkanes of at least 4 members (excludes halogenated alkanes) is 12. The lowest BCUT2D eigenvalue weighted by atomic mass is 10.0. The van der Waals surface area contributed by atoms with Crippen molar-refractivity contribution < 1.29 is 19.1 Å². The first-order valence-electron chi connectivity index (χ1n) is 11.5. The fourth-order valence-corrected chi connectivity index (χ4v) is 3.04. The van der Waals surface area contributed by atoms with Gasteiger partial charge >= 0.3 is 11.9 Å². The van der Waals surface area contributed by atoms with Gasteiger partial charge in [0, 0.05) is 12.8 Å². The van der Waals surface area contributed by atoms with Gasteiger partial charge in [0.15, 0.2) is 0 Å². The van der Waals surface area contributed by atoms with E-state index in [4.69, 9.17) is 9.47 Å². The van der Waals surface area contributed by atoms with Crippen LogP contribution in [0.3, 0.4) is 0 Å². The maximum absolute atomic E-state index is 11.6. The van der Waals surface area contributed by atoms with Gasteiger partial charge in [0.05, 0.1) is 13.2 Å². The Bertz CT molecular complexity index is 341. The van der Waals surface area contributed by atoms with Gasteiger partial charge in [-0.2, -0.15) is 0 Å². The molecule has 0 rings (SSSR count). The Labute approximate surface area is 167 Å². The second-order valence-corrected chi connectivity index (χ2v) is 7.54. The van der Waals surface area contributed by atoms with E-state index in [-0.39, 0.29) is 11.9 Å². The first kappa shape index (κ1) is 25.9. The minimum absolute atomic E-state index is 0.197. The van der Waals surface area contributed by atoms with Crippen molar-refractivity contribution in [2.24, 2.45) is 0 Å². The zero-order chi connectivity index (χ0) is 20.0. The van der Waals surface area contributed by atoms with Crippen molar-refractivity contribution in [2.45, 2.75) is 123 Å². The number of hydrogen-bond donors (Lipinski definition) is 0. The molecule has 0 aromatic heterocycles. The van der Waals surface area contributed by atoms with Gasteiger partial charge in [0.2, 0.25) is 0 Å². The second-order valence-electron chi connectivity index (χ2n) is 7.54. The molecule has 4 nitrogen and oxygen atoms in total. The summed E-state index contributed by atoms with van der Waals surface area (Å²) in [5, 5.41) is 0. The zero-order valence-electron chi connectivity index (χ0n) is 18.1. The second kappa shape index (κ2) is 21.2. The molecule has 0 saturated carbocycles. The lowest BCUT2D eigenvalue weighted by Gasteiger charge is -2.06. The van der Waals surface area contributed by atoms with Gasteiger partial charge in [0.25, 0.3) is 0 Å². The molecule has 0 saturated heterocycles. The molecule has 0 fully saturated rings. The highest BCUT2D eigenvalue weighted by Gasteiger charge is 2.06.